The molecule has 0 bridgehead atoms. The first-order chi connectivity index (χ1) is 45.0. The summed E-state index contributed by atoms with van der Waals surface area (Å²) in [4.78, 5) is 2.44. The van der Waals surface area contributed by atoms with Crippen molar-refractivity contribution in [3.63, 3.8) is 0 Å². The summed E-state index contributed by atoms with van der Waals surface area (Å²) in [5.41, 5.74) is 22.2. The van der Waals surface area contributed by atoms with Gasteiger partial charge in [0.25, 0.3) is 0 Å². The summed E-state index contributed by atoms with van der Waals surface area (Å²) >= 11 is 3.70. The maximum Gasteiger partial charge on any atom is 0.143 e. The SMILES string of the molecule is C=C1/C=C\C=C/CN(c2cc(-c3cc(-c4ccc5oc6c(-c7cccc8c7sc7ccccc78)cccc6c5c4)cc(-n4c5ccccc5c5ccccc54)c3)cc(-c3ccc4oc5c(-c6cccc7c6sc6ccccc67)cccc5c4c3)c2)c2ccccc21. The Morgan fingerprint density at radius 1 is 0.330 bits per heavy atom. The predicted molar refractivity (Wildman–Crippen MR) is 389 cm³/mol. The number of benzene rings is 13. The largest absolute Gasteiger partial charge is 0.455 e. The smallest absolute Gasteiger partial charge is 0.143 e. The molecule has 0 unspecified atom stereocenters. The Labute approximate surface area is 531 Å². The van der Waals surface area contributed by atoms with Crippen molar-refractivity contribution >= 4 is 146 Å². The zero-order chi connectivity index (χ0) is 59.8. The average molecular weight is 1200 g/mol. The molecule has 91 heavy (non-hydrogen) atoms. The van der Waals surface area contributed by atoms with Crippen LogP contribution >= 0.6 is 22.7 Å². The fraction of sp³-hybridized carbons (Fsp3) is 0.0118. The number of fused-ring (bicyclic) bond motifs is 16. The third kappa shape index (κ3) is 8.20. The molecule has 0 saturated heterocycles. The molecule has 13 aromatic carbocycles. The zero-order valence-corrected chi connectivity index (χ0v) is 50.8. The van der Waals surface area contributed by atoms with Crippen LogP contribution in [0.2, 0.25) is 0 Å². The maximum atomic E-state index is 6.98. The maximum absolute atomic E-state index is 6.98. The molecule has 1 aliphatic rings. The highest BCUT2D eigenvalue weighted by Crippen LogP contribution is 2.48. The number of furan rings is 2. The van der Waals surface area contributed by atoms with Gasteiger partial charge < -0.3 is 18.3 Å². The lowest BCUT2D eigenvalue weighted by atomic mass is 9.93. The molecule has 5 aromatic heterocycles. The molecule has 6 heterocycles. The van der Waals surface area contributed by atoms with Crippen molar-refractivity contribution < 1.29 is 8.83 Å². The van der Waals surface area contributed by atoms with Crippen molar-refractivity contribution in [2.75, 3.05) is 11.4 Å². The molecule has 0 saturated carbocycles. The van der Waals surface area contributed by atoms with Crippen molar-refractivity contribution in [3.8, 4) is 61.3 Å². The summed E-state index contributed by atoms with van der Waals surface area (Å²) in [6, 6.07) is 98.0. The molecule has 0 N–H and O–H groups in total. The lowest BCUT2D eigenvalue weighted by Gasteiger charge is -2.27. The highest BCUT2D eigenvalue weighted by Gasteiger charge is 2.23. The highest BCUT2D eigenvalue weighted by molar-refractivity contribution is 7.26. The van der Waals surface area contributed by atoms with Crippen molar-refractivity contribution in [1.82, 2.24) is 4.57 Å². The van der Waals surface area contributed by atoms with Gasteiger partial charge in [-0.3, -0.25) is 0 Å². The molecule has 0 amide bonds. The molecule has 0 radical (unpaired) electrons. The molecular formula is C85H52N2O2S2. The lowest BCUT2D eigenvalue weighted by Crippen LogP contribution is -2.18. The van der Waals surface area contributed by atoms with E-state index in [0.29, 0.717) is 6.54 Å². The minimum Gasteiger partial charge on any atom is -0.455 e. The number of nitrogens with zero attached hydrogens (tertiary/aromatic N) is 2. The fourth-order valence-corrected chi connectivity index (χ4v) is 17.0. The molecule has 0 aliphatic carbocycles. The van der Waals surface area contributed by atoms with Crippen LogP contribution < -0.4 is 4.90 Å². The molecule has 4 nitrogen and oxygen atoms in total. The van der Waals surface area contributed by atoms with Crippen LogP contribution in [-0.2, 0) is 0 Å². The Kier molecular flexibility index (Phi) is 11.6. The van der Waals surface area contributed by atoms with E-state index in [1.807, 2.05) is 22.7 Å². The molecule has 6 heteroatoms. The third-order valence-corrected chi connectivity index (χ3v) is 21.2. The van der Waals surface area contributed by atoms with Gasteiger partial charge in [-0.1, -0.05) is 207 Å². The van der Waals surface area contributed by atoms with Crippen LogP contribution in [-0.4, -0.2) is 11.1 Å². The molecule has 426 valence electrons. The summed E-state index contributed by atoms with van der Waals surface area (Å²) in [5.74, 6) is 0. The van der Waals surface area contributed by atoms with Crippen molar-refractivity contribution in [3.05, 3.63) is 303 Å². The Balaban J connectivity index is 0.823. The summed E-state index contributed by atoms with van der Waals surface area (Å²) < 4.78 is 21.5. The van der Waals surface area contributed by atoms with Crippen molar-refractivity contribution in [2.45, 2.75) is 0 Å². The number of aromatic nitrogens is 1. The van der Waals surface area contributed by atoms with E-state index in [0.717, 1.165) is 128 Å². The Hall–Kier alpha value is -11.3. The standard InChI is InChI=1S/C85H52N2O2S2/c1-51-19-3-2-14-42-86(75-33-9-4-20-60(51)75)58-45-54(52-38-40-78-73(49-52)67-27-15-25-65(82(67)88-78)71-31-17-29-69-63-23-7-12-36-80(63)90-84(69)71)43-56(46-58)57-44-55(47-59(48-57)87-76-34-10-5-21-61(76)62-22-6-11-35-77(62)87)53-39-41-79-74(50-53)68-28-16-26-66(83(68)89-79)72-32-18-30-70-64-24-8-13-37-81(64)91-85(70)72/h2-41,43-50H,1,42H2/b14-2-,19-3-. The van der Waals surface area contributed by atoms with Gasteiger partial charge in [0.15, 0.2) is 0 Å². The molecule has 0 fully saturated rings. The second-order valence-electron chi connectivity index (χ2n) is 23.9. The third-order valence-electron chi connectivity index (χ3n) is 18.7. The van der Waals surface area contributed by atoms with E-state index in [-0.39, 0.29) is 0 Å². The number of anilines is 2. The quantitative estimate of drug-likeness (QED) is 0.159. The molecule has 19 rings (SSSR count). The van der Waals surface area contributed by atoms with Gasteiger partial charge in [-0.25, -0.2) is 0 Å². The van der Waals surface area contributed by atoms with E-state index in [9.17, 15) is 0 Å². The minimum atomic E-state index is 0.643. The first kappa shape index (κ1) is 51.7. The van der Waals surface area contributed by atoms with Crippen LogP contribution in [0.3, 0.4) is 0 Å². The van der Waals surface area contributed by atoms with Crippen LogP contribution in [0.5, 0.6) is 0 Å². The summed E-state index contributed by atoms with van der Waals surface area (Å²) in [7, 11) is 0. The average Bonchev–Trinajstić information content (AvgIpc) is 1.68. The Bertz CT molecular complexity index is 6120. The number of hydrogen-bond donors (Lipinski definition) is 0. The van der Waals surface area contributed by atoms with E-state index >= 15 is 0 Å². The first-order valence-electron chi connectivity index (χ1n) is 30.9. The second kappa shape index (κ2) is 20.4. The number of hydrogen-bond acceptors (Lipinski definition) is 5. The van der Waals surface area contributed by atoms with Crippen molar-refractivity contribution in [1.29, 1.82) is 0 Å². The van der Waals surface area contributed by atoms with Crippen LogP contribution in [0, 0.1) is 0 Å². The highest BCUT2D eigenvalue weighted by atomic mass is 32.1. The molecule has 1 aliphatic heterocycles. The van der Waals surface area contributed by atoms with E-state index in [1.54, 1.807) is 0 Å². The van der Waals surface area contributed by atoms with Gasteiger partial charge in [0.2, 0.25) is 0 Å². The molecule has 0 atom stereocenters. The van der Waals surface area contributed by atoms with E-state index in [1.165, 1.54) is 62.2 Å². The predicted octanol–water partition coefficient (Wildman–Crippen LogP) is 24.9. The van der Waals surface area contributed by atoms with E-state index in [2.05, 4.69) is 307 Å². The minimum absolute atomic E-state index is 0.643. The zero-order valence-electron chi connectivity index (χ0n) is 49.2. The van der Waals surface area contributed by atoms with Crippen LogP contribution in [0.15, 0.2) is 307 Å². The Morgan fingerprint density at radius 2 is 0.769 bits per heavy atom. The lowest BCUT2D eigenvalue weighted by molar-refractivity contribution is 0.669. The van der Waals surface area contributed by atoms with Gasteiger partial charge in [-0.05, 0) is 130 Å². The molecule has 0 spiro atoms. The summed E-state index contributed by atoms with van der Waals surface area (Å²) in [5, 5.41) is 11.9. The van der Waals surface area contributed by atoms with Gasteiger partial charge >= 0.3 is 0 Å². The van der Waals surface area contributed by atoms with Crippen LogP contribution in [0.4, 0.5) is 11.4 Å². The normalized spacial score (nSPS) is 13.6. The summed E-state index contributed by atoms with van der Waals surface area (Å²) in [6.45, 7) is 5.22. The van der Waals surface area contributed by atoms with Gasteiger partial charge in [-0.2, -0.15) is 0 Å². The second-order valence-corrected chi connectivity index (χ2v) is 26.0. The van der Waals surface area contributed by atoms with Gasteiger partial charge in [-0.15, -0.1) is 22.7 Å². The van der Waals surface area contributed by atoms with Gasteiger partial charge in [0.1, 0.15) is 22.3 Å². The number of thiophene rings is 2. The monoisotopic (exact) mass is 1200 g/mol. The number of para-hydroxylation sites is 5. The number of rotatable bonds is 7. The van der Waals surface area contributed by atoms with Gasteiger partial charge in [0, 0.05) is 124 Å². The molecule has 18 aromatic rings. The first-order valence-corrected chi connectivity index (χ1v) is 32.6. The van der Waals surface area contributed by atoms with E-state index < -0.39 is 0 Å². The van der Waals surface area contributed by atoms with Crippen LogP contribution in [0.1, 0.15) is 5.56 Å². The summed E-state index contributed by atoms with van der Waals surface area (Å²) in [6.07, 6.45) is 8.58. The van der Waals surface area contributed by atoms with Gasteiger partial charge in [0.05, 0.1) is 11.0 Å². The molecular weight excluding hydrogens is 1150 g/mol. The Morgan fingerprint density at radius 3 is 1.33 bits per heavy atom. The van der Waals surface area contributed by atoms with E-state index in [4.69, 9.17) is 8.83 Å². The van der Waals surface area contributed by atoms with Crippen LogP contribution in [0.25, 0.3) is 173 Å². The topological polar surface area (TPSA) is 34.5 Å². The number of allylic oxidation sites excluding steroid dienone is 4. The fourth-order valence-electron chi connectivity index (χ4n) is 14.5. The van der Waals surface area contributed by atoms with Crippen molar-refractivity contribution in [2.24, 2.45) is 0 Å².